The van der Waals surface area contributed by atoms with Gasteiger partial charge in [0.15, 0.2) is 6.23 Å². The predicted octanol–water partition coefficient (Wildman–Crippen LogP) is 3.12. The van der Waals surface area contributed by atoms with Gasteiger partial charge in [0.05, 0.1) is 6.07 Å². The molecule has 1 aliphatic rings. The Morgan fingerprint density at radius 3 is 2.76 bits per heavy atom. The van der Waals surface area contributed by atoms with E-state index in [0.29, 0.717) is 11.4 Å². The number of amides is 1. The monoisotopic (exact) mass is 349 g/mol. The Morgan fingerprint density at radius 1 is 1.57 bits per heavy atom. The zero-order chi connectivity index (χ0) is 15.8. The summed E-state index contributed by atoms with van der Waals surface area (Å²) >= 11 is 3.36. The van der Waals surface area contributed by atoms with Crippen molar-refractivity contribution >= 4 is 33.2 Å². The molecule has 0 spiro atoms. The zero-order valence-electron chi connectivity index (χ0n) is 12.3. The maximum Gasteiger partial charge on any atom is 0.235 e. The smallest absolute Gasteiger partial charge is 0.235 e. The van der Waals surface area contributed by atoms with Crippen LogP contribution in [-0.4, -0.2) is 24.2 Å². The second kappa shape index (κ2) is 5.58. The number of carbonyl (C=O) groups is 1. The van der Waals surface area contributed by atoms with Crippen molar-refractivity contribution < 1.29 is 9.53 Å². The molecule has 0 saturated heterocycles. The van der Waals surface area contributed by atoms with E-state index in [1.54, 1.807) is 6.20 Å². The molecule has 0 radical (unpaired) electrons. The number of allylic oxidation sites excluding steroid dienone is 1. The maximum atomic E-state index is 12.7. The molecule has 0 aliphatic carbocycles. The molecular formula is C15H16BrN3O2. The fourth-order valence-corrected chi connectivity index (χ4v) is 2.57. The molecule has 1 aromatic rings. The van der Waals surface area contributed by atoms with E-state index in [9.17, 15) is 4.79 Å². The summed E-state index contributed by atoms with van der Waals surface area (Å²) in [5.74, 6) is 0.415. The molecule has 1 unspecified atom stereocenters. The fraction of sp³-hybridized carbons (Fsp3) is 0.400. The van der Waals surface area contributed by atoms with E-state index in [1.165, 1.54) is 18.1 Å². The molecule has 0 N–H and O–H groups in total. The van der Waals surface area contributed by atoms with Gasteiger partial charge in [0.2, 0.25) is 5.91 Å². The third-order valence-electron chi connectivity index (χ3n) is 3.18. The van der Waals surface area contributed by atoms with Gasteiger partial charge in [-0.2, -0.15) is 5.26 Å². The number of halogens is 1. The van der Waals surface area contributed by atoms with Gasteiger partial charge in [0.25, 0.3) is 0 Å². The quantitative estimate of drug-likeness (QED) is 0.730. The summed E-state index contributed by atoms with van der Waals surface area (Å²) in [5.41, 5.74) is 0.794. The third kappa shape index (κ3) is 2.71. The molecule has 0 bridgehead atoms. The van der Waals surface area contributed by atoms with Crippen molar-refractivity contribution in [3.8, 4) is 6.07 Å². The lowest BCUT2D eigenvalue weighted by atomic mass is 9.95. The molecule has 2 heterocycles. The van der Waals surface area contributed by atoms with Gasteiger partial charge in [0, 0.05) is 40.4 Å². The number of aromatic nitrogens is 1. The molecule has 6 heteroatoms. The third-order valence-corrected chi connectivity index (χ3v) is 3.61. The van der Waals surface area contributed by atoms with Crippen molar-refractivity contribution in [3.05, 3.63) is 28.4 Å². The van der Waals surface area contributed by atoms with Crippen molar-refractivity contribution in [2.24, 2.45) is 5.41 Å². The standard InChI is InChI=1S/C15H16BrN3O2/c1-15(2,3)14(20)19-12-11(7-9(16)8-18-12)10(5-6-17)13(19)21-4/h5,7-8,13H,1-4H3/b10-5-. The largest absolute Gasteiger partial charge is 0.357 e. The number of methoxy groups -OCH3 is 1. The van der Waals surface area contributed by atoms with E-state index in [1.807, 2.05) is 32.9 Å². The first-order valence-electron chi connectivity index (χ1n) is 6.43. The van der Waals surface area contributed by atoms with Crippen molar-refractivity contribution in [2.45, 2.75) is 27.0 Å². The van der Waals surface area contributed by atoms with Gasteiger partial charge in [-0.15, -0.1) is 0 Å². The topological polar surface area (TPSA) is 66.2 Å². The normalized spacial score (nSPS) is 19.5. The molecule has 110 valence electrons. The summed E-state index contributed by atoms with van der Waals surface area (Å²) in [6.07, 6.45) is 2.40. The van der Waals surface area contributed by atoms with Gasteiger partial charge in [-0.1, -0.05) is 20.8 Å². The fourth-order valence-electron chi connectivity index (χ4n) is 2.23. The number of ether oxygens (including phenoxy) is 1. The maximum absolute atomic E-state index is 12.7. The number of hydrogen-bond donors (Lipinski definition) is 0. The van der Waals surface area contributed by atoms with Crippen LogP contribution in [-0.2, 0) is 9.53 Å². The van der Waals surface area contributed by atoms with Gasteiger partial charge in [-0.05, 0) is 22.0 Å². The zero-order valence-corrected chi connectivity index (χ0v) is 13.9. The van der Waals surface area contributed by atoms with Crippen LogP contribution in [0.4, 0.5) is 5.82 Å². The average molecular weight is 350 g/mol. The number of pyridine rings is 1. The van der Waals surface area contributed by atoms with Crippen LogP contribution in [0.15, 0.2) is 22.8 Å². The number of carbonyl (C=O) groups excluding carboxylic acids is 1. The van der Waals surface area contributed by atoms with Gasteiger partial charge >= 0.3 is 0 Å². The molecule has 0 aromatic carbocycles. The van der Waals surface area contributed by atoms with Crippen LogP contribution in [0.5, 0.6) is 0 Å². The first kappa shape index (κ1) is 15.7. The Morgan fingerprint density at radius 2 is 2.24 bits per heavy atom. The number of fused-ring (bicyclic) bond motifs is 1. The summed E-state index contributed by atoms with van der Waals surface area (Å²) in [5, 5.41) is 9.00. The minimum absolute atomic E-state index is 0.105. The van der Waals surface area contributed by atoms with Crippen LogP contribution >= 0.6 is 15.9 Å². The summed E-state index contributed by atoms with van der Waals surface area (Å²) < 4.78 is 6.24. The second-order valence-corrected chi connectivity index (χ2v) is 6.68. The molecule has 0 fully saturated rings. The van der Waals surface area contributed by atoms with Crippen molar-refractivity contribution in [3.63, 3.8) is 0 Å². The highest BCUT2D eigenvalue weighted by Crippen LogP contribution is 2.42. The minimum atomic E-state index is -0.631. The van der Waals surface area contributed by atoms with Crippen LogP contribution in [0.1, 0.15) is 26.3 Å². The van der Waals surface area contributed by atoms with Crippen LogP contribution in [0, 0.1) is 16.7 Å². The van der Waals surface area contributed by atoms with E-state index in [2.05, 4.69) is 20.9 Å². The van der Waals surface area contributed by atoms with Crippen LogP contribution in [0.3, 0.4) is 0 Å². The lowest BCUT2D eigenvalue weighted by Gasteiger charge is -2.29. The summed E-state index contributed by atoms with van der Waals surface area (Å²) in [4.78, 5) is 18.6. The Balaban J connectivity index is 2.65. The molecule has 1 atom stereocenters. The molecule has 1 aromatic heterocycles. The SMILES string of the molecule is COC1/C(=C\C#N)c2cc(Br)cnc2N1C(=O)C(C)(C)C. The lowest BCUT2D eigenvalue weighted by molar-refractivity contribution is -0.127. The number of nitriles is 1. The molecule has 21 heavy (non-hydrogen) atoms. The van der Waals surface area contributed by atoms with Crippen LogP contribution in [0.25, 0.3) is 5.57 Å². The Labute approximate surface area is 132 Å². The highest BCUT2D eigenvalue weighted by atomic mass is 79.9. The Bertz CT molecular complexity index is 656. The summed E-state index contributed by atoms with van der Waals surface area (Å²) in [7, 11) is 1.51. The van der Waals surface area contributed by atoms with Crippen molar-refractivity contribution in [1.29, 1.82) is 5.26 Å². The van der Waals surface area contributed by atoms with Gasteiger partial charge < -0.3 is 4.74 Å². The van der Waals surface area contributed by atoms with Crippen LogP contribution < -0.4 is 4.90 Å². The molecule has 1 amide bonds. The van der Waals surface area contributed by atoms with E-state index >= 15 is 0 Å². The first-order chi connectivity index (χ1) is 9.81. The van der Waals surface area contributed by atoms with E-state index in [0.717, 1.165) is 10.0 Å². The van der Waals surface area contributed by atoms with Gasteiger partial charge in [0.1, 0.15) is 5.82 Å². The number of rotatable bonds is 1. The summed E-state index contributed by atoms with van der Waals surface area (Å²) in [6, 6.07) is 3.85. The molecular weight excluding hydrogens is 334 g/mol. The van der Waals surface area contributed by atoms with Gasteiger partial charge in [-0.3, -0.25) is 9.69 Å². The second-order valence-electron chi connectivity index (χ2n) is 5.77. The first-order valence-corrected chi connectivity index (χ1v) is 7.22. The Kier molecular flexibility index (Phi) is 4.17. The summed E-state index contributed by atoms with van der Waals surface area (Å²) in [6.45, 7) is 5.52. The molecule has 5 nitrogen and oxygen atoms in total. The van der Waals surface area contributed by atoms with E-state index in [-0.39, 0.29) is 5.91 Å². The number of anilines is 1. The van der Waals surface area contributed by atoms with Gasteiger partial charge in [-0.25, -0.2) is 4.98 Å². The molecule has 2 rings (SSSR count). The molecule has 1 aliphatic heterocycles. The van der Waals surface area contributed by atoms with E-state index < -0.39 is 11.6 Å². The van der Waals surface area contributed by atoms with Crippen molar-refractivity contribution in [2.75, 3.05) is 12.0 Å². The van der Waals surface area contributed by atoms with Crippen LogP contribution in [0.2, 0.25) is 0 Å². The number of hydrogen-bond acceptors (Lipinski definition) is 4. The highest BCUT2D eigenvalue weighted by Gasteiger charge is 2.42. The van der Waals surface area contributed by atoms with E-state index in [4.69, 9.17) is 10.00 Å². The highest BCUT2D eigenvalue weighted by molar-refractivity contribution is 9.10. The lowest BCUT2D eigenvalue weighted by Crippen LogP contribution is -2.45. The molecule has 0 saturated carbocycles. The van der Waals surface area contributed by atoms with Crippen molar-refractivity contribution in [1.82, 2.24) is 4.98 Å². The number of nitrogens with zero attached hydrogens (tertiary/aromatic N) is 3. The Hall–Kier alpha value is -1.71. The average Bonchev–Trinajstić information content (AvgIpc) is 2.70. The predicted molar refractivity (Wildman–Crippen MR) is 83.3 cm³/mol. The minimum Gasteiger partial charge on any atom is -0.357 e.